The number of quaternary nitrogens is 1. The summed E-state index contributed by atoms with van der Waals surface area (Å²) in [4.78, 5) is 12.7. The Bertz CT molecular complexity index is 1180. The van der Waals surface area contributed by atoms with Crippen LogP contribution in [0.3, 0.4) is 0 Å². The summed E-state index contributed by atoms with van der Waals surface area (Å²) in [7, 11) is 0. The van der Waals surface area contributed by atoms with Crippen LogP contribution in [0.25, 0.3) is 21.3 Å². The van der Waals surface area contributed by atoms with Gasteiger partial charge in [0.05, 0.1) is 24.6 Å². The van der Waals surface area contributed by atoms with Gasteiger partial charge < -0.3 is 32.5 Å². The lowest BCUT2D eigenvalue weighted by molar-refractivity contribution is -0.696. The van der Waals surface area contributed by atoms with Gasteiger partial charge in [0.2, 0.25) is 0 Å². The maximum absolute atomic E-state index is 10.3. The van der Waals surface area contributed by atoms with Crippen LogP contribution in [-0.2, 0) is 11.3 Å². The average Bonchev–Trinajstić information content (AvgIpc) is 3.33. The molecular weight excluding hydrogens is 480 g/mol. The lowest BCUT2D eigenvalue weighted by Gasteiger charge is -2.32. The minimum absolute atomic E-state index is 0. The van der Waals surface area contributed by atoms with Crippen LogP contribution in [0, 0.1) is 0 Å². The van der Waals surface area contributed by atoms with Gasteiger partial charge in [0.15, 0.2) is 0 Å². The quantitative estimate of drug-likeness (QED) is 0.342. The van der Waals surface area contributed by atoms with E-state index in [4.69, 9.17) is 9.72 Å². The fourth-order valence-corrected chi connectivity index (χ4v) is 5.49. The molecule has 4 aromatic rings. The van der Waals surface area contributed by atoms with Crippen molar-refractivity contribution >= 4 is 27.4 Å². The zero-order chi connectivity index (χ0) is 23.2. The minimum atomic E-state index is -0.456. The number of hydrogen-bond acceptors (Lipinski definition) is 6. The van der Waals surface area contributed by atoms with Gasteiger partial charge in [-0.1, -0.05) is 60.7 Å². The molecule has 1 saturated heterocycles. The standard InChI is InChI=1S/C27H30N4O2S.ClH/c32-23(17-33-16-20-7-3-1-4-8-20)15-28-22-11-13-31(14-12-22)26-25-24(21-9-5-2-6-10-21)18-34-27(25)30-19-29-26;/h1-10,18-19,22-23,28,32H,11-17H2;1H. The lowest BCUT2D eigenvalue weighted by atomic mass is 10.0. The number of rotatable bonds is 9. The van der Waals surface area contributed by atoms with E-state index in [0.717, 1.165) is 47.5 Å². The number of ether oxygens (including phenoxy) is 1. The van der Waals surface area contributed by atoms with Crippen molar-refractivity contribution in [1.82, 2.24) is 9.97 Å². The summed E-state index contributed by atoms with van der Waals surface area (Å²) >= 11 is 1.68. The zero-order valence-corrected chi connectivity index (χ0v) is 21.2. The number of anilines is 1. The van der Waals surface area contributed by atoms with Gasteiger partial charge in [-0.3, -0.25) is 0 Å². The molecule has 0 spiro atoms. The van der Waals surface area contributed by atoms with Crippen molar-refractivity contribution in [1.29, 1.82) is 0 Å². The van der Waals surface area contributed by atoms with Crippen LogP contribution in [0.5, 0.6) is 0 Å². The van der Waals surface area contributed by atoms with Crippen LogP contribution >= 0.6 is 11.3 Å². The van der Waals surface area contributed by atoms with E-state index in [9.17, 15) is 5.11 Å². The van der Waals surface area contributed by atoms with Crippen LogP contribution in [0.15, 0.2) is 72.4 Å². The molecule has 1 fully saturated rings. The summed E-state index contributed by atoms with van der Waals surface area (Å²) in [6.45, 7) is 3.48. The molecule has 184 valence electrons. The van der Waals surface area contributed by atoms with E-state index < -0.39 is 6.10 Å². The van der Waals surface area contributed by atoms with Crippen LogP contribution in [0.1, 0.15) is 18.4 Å². The fraction of sp³-hybridized carbons (Fsp3) is 0.333. The molecule has 1 aliphatic rings. The molecule has 1 aliphatic heterocycles. The normalized spacial score (nSPS) is 15.2. The second-order valence-electron chi connectivity index (χ2n) is 8.84. The number of nitrogens with two attached hydrogens (primary N) is 1. The molecule has 0 bridgehead atoms. The topological polar surface area (TPSA) is 75.1 Å². The Morgan fingerprint density at radius 3 is 2.49 bits per heavy atom. The number of benzene rings is 2. The summed E-state index contributed by atoms with van der Waals surface area (Å²) in [6, 6.07) is 21.1. The Morgan fingerprint density at radius 2 is 1.74 bits per heavy atom. The van der Waals surface area contributed by atoms with E-state index in [1.807, 2.05) is 36.4 Å². The first-order valence-electron chi connectivity index (χ1n) is 11.9. The van der Waals surface area contributed by atoms with Gasteiger partial charge >= 0.3 is 0 Å². The maximum atomic E-state index is 10.3. The number of thiophene rings is 1. The van der Waals surface area contributed by atoms with Gasteiger partial charge in [-0.15, -0.1) is 11.3 Å². The third-order valence-corrected chi connectivity index (χ3v) is 7.32. The number of aliphatic hydroxyl groups is 1. The molecule has 0 amide bonds. The summed E-state index contributed by atoms with van der Waals surface area (Å²) in [5, 5.41) is 16.0. The molecule has 0 aliphatic carbocycles. The van der Waals surface area contributed by atoms with E-state index in [0.29, 0.717) is 25.8 Å². The summed E-state index contributed by atoms with van der Waals surface area (Å²) in [5.74, 6) is 1.04. The monoisotopic (exact) mass is 510 g/mol. The van der Waals surface area contributed by atoms with Crippen molar-refractivity contribution in [2.45, 2.75) is 31.6 Å². The van der Waals surface area contributed by atoms with E-state index >= 15 is 0 Å². The maximum Gasteiger partial charge on any atom is 0.141 e. The summed E-state index contributed by atoms with van der Waals surface area (Å²) in [5.41, 5.74) is 3.55. The third-order valence-electron chi connectivity index (χ3n) is 6.44. The number of piperidine rings is 1. The van der Waals surface area contributed by atoms with Crippen LogP contribution < -0.4 is 22.6 Å². The number of aromatic nitrogens is 2. The lowest BCUT2D eigenvalue weighted by Crippen LogP contribution is -3.00. The summed E-state index contributed by atoms with van der Waals surface area (Å²) < 4.78 is 5.69. The highest BCUT2D eigenvalue weighted by molar-refractivity contribution is 7.17. The zero-order valence-electron chi connectivity index (χ0n) is 19.6. The summed E-state index contributed by atoms with van der Waals surface area (Å²) in [6.07, 6.45) is 3.36. The molecule has 0 radical (unpaired) electrons. The molecule has 3 heterocycles. The predicted molar refractivity (Wildman–Crippen MR) is 137 cm³/mol. The van der Waals surface area contributed by atoms with Crippen LogP contribution in [-0.4, -0.2) is 53.5 Å². The Kier molecular flexibility index (Phi) is 9.06. The minimum Gasteiger partial charge on any atom is -1.00 e. The first-order valence-corrected chi connectivity index (χ1v) is 12.8. The highest BCUT2D eigenvalue weighted by Gasteiger charge is 2.25. The Balaban J connectivity index is 0.00000289. The van der Waals surface area contributed by atoms with Gasteiger partial charge in [0.1, 0.15) is 29.6 Å². The Labute approximate surface area is 216 Å². The van der Waals surface area contributed by atoms with Crippen molar-refractivity contribution in [2.75, 3.05) is 31.1 Å². The number of fused-ring (bicyclic) bond motifs is 1. The van der Waals surface area contributed by atoms with E-state index in [1.54, 1.807) is 17.7 Å². The molecule has 0 saturated carbocycles. The third kappa shape index (κ3) is 6.37. The van der Waals surface area contributed by atoms with Crippen molar-refractivity contribution in [3.8, 4) is 11.1 Å². The van der Waals surface area contributed by atoms with Crippen molar-refractivity contribution < 1.29 is 27.6 Å². The van der Waals surface area contributed by atoms with Crippen molar-refractivity contribution in [3.63, 3.8) is 0 Å². The van der Waals surface area contributed by atoms with Crippen LogP contribution in [0.4, 0.5) is 5.82 Å². The molecule has 3 N–H and O–H groups in total. The molecular formula is C27H31ClN4O2S. The number of halogens is 1. The highest BCUT2D eigenvalue weighted by atomic mass is 35.5. The van der Waals surface area contributed by atoms with E-state index in [1.165, 1.54) is 11.1 Å². The first-order chi connectivity index (χ1) is 16.8. The molecule has 8 heteroatoms. The van der Waals surface area contributed by atoms with Gasteiger partial charge in [-0.25, -0.2) is 9.97 Å². The molecule has 1 unspecified atom stereocenters. The second kappa shape index (κ2) is 12.4. The predicted octanol–water partition coefficient (Wildman–Crippen LogP) is 0.472. The van der Waals surface area contributed by atoms with Gasteiger partial charge in [-0.2, -0.15) is 0 Å². The van der Waals surface area contributed by atoms with Crippen molar-refractivity contribution in [3.05, 3.63) is 77.9 Å². The molecule has 35 heavy (non-hydrogen) atoms. The average molecular weight is 511 g/mol. The molecule has 5 rings (SSSR count). The van der Waals surface area contributed by atoms with Crippen LogP contribution in [0.2, 0.25) is 0 Å². The molecule has 6 nitrogen and oxygen atoms in total. The van der Waals surface area contributed by atoms with Gasteiger partial charge in [0, 0.05) is 36.9 Å². The number of nitrogens with zero attached hydrogens (tertiary/aromatic N) is 3. The molecule has 2 aromatic carbocycles. The smallest absolute Gasteiger partial charge is 0.141 e. The van der Waals surface area contributed by atoms with Gasteiger partial charge in [-0.05, 0) is 11.1 Å². The number of aliphatic hydroxyl groups excluding tert-OH is 1. The highest BCUT2D eigenvalue weighted by Crippen LogP contribution is 2.38. The van der Waals surface area contributed by atoms with Crippen molar-refractivity contribution in [2.24, 2.45) is 0 Å². The molecule has 2 aromatic heterocycles. The first kappa shape index (κ1) is 25.5. The SMILES string of the molecule is OC(C[NH2+]C1CCN(c2ncnc3scc(-c4ccccc4)c23)CC1)COCc1ccccc1.[Cl-]. The van der Waals surface area contributed by atoms with E-state index in [-0.39, 0.29) is 12.4 Å². The second-order valence-corrected chi connectivity index (χ2v) is 9.70. The Morgan fingerprint density at radius 1 is 1.03 bits per heavy atom. The molecule has 1 atom stereocenters. The fourth-order valence-electron chi connectivity index (χ4n) is 4.58. The van der Waals surface area contributed by atoms with Gasteiger partial charge in [0.25, 0.3) is 0 Å². The largest absolute Gasteiger partial charge is 1.00 e. The van der Waals surface area contributed by atoms with E-state index in [2.05, 4.69) is 44.8 Å². The number of hydrogen-bond donors (Lipinski definition) is 2. The Hall–Kier alpha value is -2.55.